The molecule has 1 aromatic heterocycles. The first-order valence-corrected chi connectivity index (χ1v) is 7.60. The molecule has 0 saturated heterocycles. The van der Waals surface area contributed by atoms with Crippen LogP contribution in [-0.4, -0.2) is 10.6 Å². The van der Waals surface area contributed by atoms with Gasteiger partial charge in [0.2, 0.25) is 0 Å². The van der Waals surface area contributed by atoms with Gasteiger partial charge in [-0.2, -0.15) is 0 Å². The molecule has 0 fully saturated rings. The van der Waals surface area contributed by atoms with E-state index < -0.39 is 0 Å². The Kier molecular flexibility index (Phi) is 3.76. The van der Waals surface area contributed by atoms with Gasteiger partial charge in [0, 0.05) is 22.7 Å². The molecule has 1 aliphatic rings. The maximum absolute atomic E-state index is 4.80. The molecule has 1 aliphatic carbocycles. The lowest BCUT2D eigenvalue weighted by Gasteiger charge is -2.21. The molecule has 1 heterocycles. The fourth-order valence-corrected chi connectivity index (χ4v) is 4.13. The van der Waals surface area contributed by atoms with Crippen molar-refractivity contribution in [3.05, 3.63) is 15.4 Å². The molecule has 2 rings (SSSR count). The first kappa shape index (κ1) is 12.9. The normalized spacial score (nSPS) is 21.4. The lowest BCUT2D eigenvalue weighted by molar-refractivity contribution is 0.507. The van der Waals surface area contributed by atoms with Crippen LogP contribution in [0.4, 0.5) is 0 Å². The monoisotopic (exact) mass is 252 g/mol. The Bertz CT molecular complexity index is 451. The summed E-state index contributed by atoms with van der Waals surface area (Å²) in [6.07, 6.45) is 3.91. The van der Waals surface area contributed by atoms with E-state index in [0.717, 1.165) is 5.92 Å². The van der Waals surface area contributed by atoms with Crippen LogP contribution in [0.3, 0.4) is 0 Å². The molecule has 1 aromatic rings. The van der Waals surface area contributed by atoms with Crippen LogP contribution in [0.25, 0.3) is 0 Å². The van der Waals surface area contributed by atoms with Gasteiger partial charge < -0.3 is 4.57 Å². The molecule has 96 valence electrons. The van der Waals surface area contributed by atoms with Crippen molar-refractivity contribution in [2.24, 2.45) is 4.99 Å². The first-order valence-electron chi connectivity index (χ1n) is 6.78. The summed E-state index contributed by atoms with van der Waals surface area (Å²) in [4.78, 5) is 7.62. The maximum Gasteiger partial charge on any atom is 0.185 e. The summed E-state index contributed by atoms with van der Waals surface area (Å²) in [7, 11) is 0. The minimum atomic E-state index is 0.385. The molecule has 0 amide bonds. The Labute approximate surface area is 108 Å². The number of hydrogen-bond acceptors (Lipinski definition) is 2. The molecule has 0 aromatic carbocycles. The van der Waals surface area contributed by atoms with Gasteiger partial charge in [-0.25, -0.2) is 0 Å². The summed E-state index contributed by atoms with van der Waals surface area (Å²) < 4.78 is 2.47. The van der Waals surface area contributed by atoms with Crippen LogP contribution < -0.4 is 4.80 Å². The van der Waals surface area contributed by atoms with Gasteiger partial charge in [-0.05, 0) is 52.9 Å². The third-order valence-corrected chi connectivity index (χ3v) is 4.71. The summed E-state index contributed by atoms with van der Waals surface area (Å²) in [5.41, 5.74) is 1.56. The van der Waals surface area contributed by atoms with Gasteiger partial charge in [0.25, 0.3) is 0 Å². The topological polar surface area (TPSA) is 17.3 Å². The van der Waals surface area contributed by atoms with Crippen LogP contribution >= 0.6 is 11.3 Å². The van der Waals surface area contributed by atoms with Crippen LogP contribution in [0.1, 0.15) is 70.0 Å². The van der Waals surface area contributed by atoms with Gasteiger partial charge in [0.15, 0.2) is 4.80 Å². The van der Waals surface area contributed by atoms with E-state index in [2.05, 4.69) is 39.2 Å². The Morgan fingerprint density at radius 1 is 1.29 bits per heavy atom. The van der Waals surface area contributed by atoms with Gasteiger partial charge in [-0.3, -0.25) is 4.99 Å². The summed E-state index contributed by atoms with van der Waals surface area (Å²) in [6, 6.07) is 0.910. The van der Waals surface area contributed by atoms with Crippen molar-refractivity contribution in [3.63, 3.8) is 0 Å². The average molecular weight is 252 g/mol. The lowest BCUT2D eigenvalue weighted by atomic mass is 9.93. The fourth-order valence-electron chi connectivity index (χ4n) is 2.62. The number of aromatic nitrogens is 1. The standard InChI is InChI=1S/C14H24N2S/c1-9(2)15-14-16(10(3)4)12-8-6-7-11(5)13(12)17-14/h9-11H,6-8H2,1-5H3. The van der Waals surface area contributed by atoms with Crippen LogP contribution in [-0.2, 0) is 6.42 Å². The fraction of sp³-hybridized carbons (Fsp3) is 0.786. The Balaban J connectivity index is 2.61. The SMILES string of the molecule is CC(C)N=c1sc2c(n1C(C)C)CCCC2C. The van der Waals surface area contributed by atoms with E-state index in [4.69, 9.17) is 4.99 Å². The van der Waals surface area contributed by atoms with Crippen molar-refractivity contribution in [1.82, 2.24) is 4.57 Å². The zero-order valence-corrected chi connectivity index (χ0v) is 12.5. The molecule has 1 atom stereocenters. The van der Waals surface area contributed by atoms with Crippen molar-refractivity contribution in [1.29, 1.82) is 0 Å². The van der Waals surface area contributed by atoms with Crippen molar-refractivity contribution in [2.75, 3.05) is 0 Å². The predicted molar refractivity (Wildman–Crippen MR) is 74.7 cm³/mol. The van der Waals surface area contributed by atoms with E-state index >= 15 is 0 Å². The summed E-state index contributed by atoms with van der Waals surface area (Å²) in [6.45, 7) is 11.2. The second kappa shape index (κ2) is 4.97. The van der Waals surface area contributed by atoms with E-state index in [0.29, 0.717) is 12.1 Å². The Hall–Kier alpha value is -0.570. The molecule has 0 saturated carbocycles. The molecule has 0 radical (unpaired) electrons. The van der Waals surface area contributed by atoms with Crippen LogP contribution in [0.5, 0.6) is 0 Å². The Morgan fingerprint density at radius 2 is 2.00 bits per heavy atom. The highest BCUT2D eigenvalue weighted by molar-refractivity contribution is 7.09. The second-order valence-corrected chi connectivity index (χ2v) is 6.68. The van der Waals surface area contributed by atoms with Gasteiger partial charge in [0.05, 0.1) is 0 Å². The van der Waals surface area contributed by atoms with Crippen molar-refractivity contribution in [3.8, 4) is 0 Å². The van der Waals surface area contributed by atoms with E-state index in [9.17, 15) is 0 Å². The van der Waals surface area contributed by atoms with E-state index in [-0.39, 0.29) is 0 Å². The zero-order valence-electron chi connectivity index (χ0n) is 11.7. The van der Waals surface area contributed by atoms with Crippen LogP contribution in [0, 0.1) is 0 Å². The summed E-state index contributed by atoms with van der Waals surface area (Å²) >= 11 is 1.92. The van der Waals surface area contributed by atoms with Gasteiger partial charge in [0.1, 0.15) is 0 Å². The number of hydrogen-bond donors (Lipinski definition) is 0. The van der Waals surface area contributed by atoms with Crippen LogP contribution in [0.15, 0.2) is 4.99 Å². The minimum absolute atomic E-state index is 0.385. The molecule has 3 heteroatoms. The Morgan fingerprint density at radius 3 is 2.59 bits per heavy atom. The second-order valence-electron chi connectivity index (χ2n) is 5.68. The molecule has 0 aliphatic heterocycles. The van der Waals surface area contributed by atoms with Crippen molar-refractivity contribution in [2.45, 2.75) is 71.9 Å². The number of fused-ring (bicyclic) bond motifs is 1. The smallest absolute Gasteiger partial charge is 0.185 e. The molecule has 17 heavy (non-hydrogen) atoms. The van der Waals surface area contributed by atoms with Crippen molar-refractivity contribution >= 4 is 11.3 Å². The zero-order chi connectivity index (χ0) is 12.6. The third-order valence-electron chi connectivity index (χ3n) is 3.37. The molecule has 0 spiro atoms. The van der Waals surface area contributed by atoms with E-state index in [1.54, 1.807) is 10.6 Å². The van der Waals surface area contributed by atoms with Gasteiger partial charge in [-0.1, -0.05) is 6.92 Å². The molecule has 1 unspecified atom stereocenters. The predicted octanol–water partition coefficient (Wildman–Crippen LogP) is 3.88. The van der Waals surface area contributed by atoms with Crippen molar-refractivity contribution < 1.29 is 0 Å². The highest BCUT2D eigenvalue weighted by Crippen LogP contribution is 2.34. The van der Waals surface area contributed by atoms with Crippen LogP contribution in [0.2, 0.25) is 0 Å². The first-order chi connectivity index (χ1) is 8.00. The quantitative estimate of drug-likeness (QED) is 0.760. The van der Waals surface area contributed by atoms with E-state index in [1.807, 2.05) is 11.3 Å². The highest BCUT2D eigenvalue weighted by atomic mass is 32.1. The van der Waals surface area contributed by atoms with Gasteiger partial charge >= 0.3 is 0 Å². The molecule has 0 N–H and O–H groups in total. The molecular formula is C14H24N2S. The minimum Gasteiger partial charge on any atom is -0.318 e. The van der Waals surface area contributed by atoms with Gasteiger partial charge in [-0.15, -0.1) is 11.3 Å². The summed E-state index contributed by atoms with van der Waals surface area (Å²) in [5.74, 6) is 0.727. The maximum atomic E-state index is 4.80. The summed E-state index contributed by atoms with van der Waals surface area (Å²) in [5, 5.41) is 0. The lowest BCUT2D eigenvalue weighted by Crippen LogP contribution is -2.22. The largest absolute Gasteiger partial charge is 0.318 e. The molecule has 2 nitrogen and oxygen atoms in total. The molecular weight excluding hydrogens is 228 g/mol. The average Bonchev–Trinajstić information content (AvgIpc) is 2.56. The van der Waals surface area contributed by atoms with E-state index in [1.165, 1.54) is 24.1 Å². The number of thiazole rings is 1. The number of rotatable bonds is 2. The highest BCUT2D eigenvalue weighted by Gasteiger charge is 2.23. The molecule has 0 bridgehead atoms. The third kappa shape index (κ3) is 2.49. The number of nitrogens with zero attached hydrogens (tertiary/aromatic N) is 2.